The van der Waals surface area contributed by atoms with Gasteiger partial charge in [0.15, 0.2) is 0 Å². The van der Waals surface area contributed by atoms with E-state index in [2.05, 4.69) is 10.2 Å². The van der Waals surface area contributed by atoms with Crippen molar-refractivity contribution in [1.29, 1.82) is 0 Å². The van der Waals surface area contributed by atoms with E-state index in [9.17, 15) is 9.59 Å². The number of fused-ring (bicyclic) bond motifs is 1. The first-order chi connectivity index (χ1) is 19.1. The van der Waals surface area contributed by atoms with Gasteiger partial charge in [0.25, 0.3) is 0 Å². The molecule has 0 spiro atoms. The van der Waals surface area contributed by atoms with Crippen molar-refractivity contribution in [2.45, 2.75) is 51.5 Å². The molecule has 7 heteroatoms. The zero-order valence-corrected chi connectivity index (χ0v) is 22.4. The van der Waals surface area contributed by atoms with E-state index in [-0.39, 0.29) is 12.5 Å². The molecule has 0 saturated carbocycles. The summed E-state index contributed by atoms with van der Waals surface area (Å²) in [4.78, 5) is 30.7. The molecule has 0 aromatic heterocycles. The van der Waals surface area contributed by atoms with Gasteiger partial charge in [-0.1, -0.05) is 73.2 Å². The number of benzene rings is 3. The number of nitrogens with zero attached hydrogens (tertiary/aromatic N) is 2. The largest absolute Gasteiger partial charge is 0.489 e. The zero-order chi connectivity index (χ0) is 26.9. The monoisotopic (exact) mass is 527 g/mol. The van der Waals surface area contributed by atoms with Gasteiger partial charge in [0.2, 0.25) is 5.91 Å². The minimum Gasteiger partial charge on any atom is -0.489 e. The lowest BCUT2D eigenvalue weighted by Gasteiger charge is -2.30. The molecule has 1 atom stereocenters. The molecule has 2 heterocycles. The van der Waals surface area contributed by atoms with Gasteiger partial charge in [0.1, 0.15) is 25.0 Å². The van der Waals surface area contributed by atoms with Crippen molar-refractivity contribution in [3.63, 3.8) is 0 Å². The summed E-state index contributed by atoms with van der Waals surface area (Å²) in [6, 6.07) is 24.9. The van der Waals surface area contributed by atoms with Crippen molar-refractivity contribution in [1.82, 2.24) is 15.1 Å². The Balaban J connectivity index is 1.29. The third kappa shape index (κ3) is 7.60. The molecule has 2 aliphatic rings. The number of hydrogen-bond donors (Lipinski definition) is 1. The molecule has 0 radical (unpaired) electrons. The fourth-order valence-corrected chi connectivity index (χ4v) is 5.24. The summed E-state index contributed by atoms with van der Waals surface area (Å²) in [5.41, 5.74) is 4.08. The molecule has 7 nitrogen and oxygen atoms in total. The van der Waals surface area contributed by atoms with Crippen LogP contribution in [0.4, 0.5) is 4.79 Å². The molecule has 1 saturated heterocycles. The van der Waals surface area contributed by atoms with Gasteiger partial charge >= 0.3 is 6.09 Å². The maximum atomic E-state index is 13.7. The third-order valence-electron chi connectivity index (χ3n) is 7.46. The van der Waals surface area contributed by atoms with Crippen LogP contribution in [0.1, 0.15) is 41.5 Å². The standard InChI is InChI=1S/C32H37N3O4/c36-31-30(33-32(37)39-24-26-12-6-2-7-13-26)21-27-14-15-29(38-23-25-10-4-1-5-11-25)20-28(27)22-35(31)19-18-34-16-8-3-9-17-34/h1-2,4-7,10-15,20,30H,3,8-9,16-19,21-24H2,(H,33,37)/t30-/m0/s1. The predicted molar refractivity (Wildman–Crippen MR) is 150 cm³/mol. The molecule has 1 N–H and O–H groups in total. The second kappa shape index (κ2) is 13.3. The van der Waals surface area contributed by atoms with E-state index >= 15 is 0 Å². The molecule has 3 aromatic rings. The van der Waals surface area contributed by atoms with Crippen LogP contribution in [0.15, 0.2) is 78.9 Å². The van der Waals surface area contributed by atoms with Crippen molar-refractivity contribution < 1.29 is 19.1 Å². The van der Waals surface area contributed by atoms with Gasteiger partial charge in [-0.25, -0.2) is 4.79 Å². The maximum Gasteiger partial charge on any atom is 0.408 e. The number of alkyl carbamates (subject to hydrolysis) is 1. The molecule has 2 aliphatic heterocycles. The molecule has 3 aromatic carbocycles. The van der Waals surface area contributed by atoms with Gasteiger partial charge in [0, 0.05) is 26.1 Å². The molecule has 5 rings (SSSR count). The van der Waals surface area contributed by atoms with E-state index < -0.39 is 12.1 Å². The summed E-state index contributed by atoms with van der Waals surface area (Å²) < 4.78 is 11.5. The fraction of sp³-hybridized carbons (Fsp3) is 0.375. The van der Waals surface area contributed by atoms with Gasteiger partial charge < -0.3 is 24.6 Å². The smallest absolute Gasteiger partial charge is 0.408 e. The summed E-state index contributed by atoms with van der Waals surface area (Å²) in [6.07, 6.45) is 3.51. The van der Waals surface area contributed by atoms with Crippen LogP contribution in [-0.4, -0.2) is 54.0 Å². The zero-order valence-electron chi connectivity index (χ0n) is 22.4. The van der Waals surface area contributed by atoms with Gasteiger partial charge in [0.05, 0.1) is 0 Å². The van der Waals surface area contributed by atoms with E-state index in [0.717, 1.165) is 47.6 Å². The van der Waals surface area contributed by atoms with Gasteiger partial charge in [-0.3, -0.25) is 4.79 Å². The lowest BCUT2D eigenvalue weighted by molar-refractivity contribution is -0.133. The van der Waals surface area contributed by atoms with Crippen LogP contribution in [0.5, 0.6) is 5.75 Å². The van der Waals surface area contributed by atoms with Crippen LogP contribution in [0.25, 0.3) is 0 Å². The highest BCUT2D eigenvalue weighted by molar-refractivity contribution is 5.86. The Labute approximate surface area is 230 Å². The lowest BCUT2D eigenvalue weighted by Crippen LogP contribution is -2.50. The number of amides is 2. The maximum absolute atomic E-state index is 13.7. The summed E-state index contributed by atoms with van der Waals surface area (Å²) in [5.74, 6) is 0.696. The number of rotatable bonds is 9. The van der Waals surface area contributed by atoms with Crippen molar-refractivity contribution >= 4 is 12.0 Å². The Hall–Kier alpha value is -3.84. The van der Waals surface area contributed by atoms with Crippen LogP contribution >= 0.6 is 0 Å². The number of nitrogens with one attached hydrogen (secondary N) is 1. The fourth-order valence-electron chi connectivity index (χ4n) is 5.24. The quantitative estimate of drug-likeness (QED) is 0.427. The molecular formula is C32H37N3O4. The Kier molecular flexibility index (Phi) is 9.12. The highest BCUT2D eigenvalue weighted by Gasteiger charge is 2.31. The average Bonchev–Trinajstić information content (AvgIpc) is 3.11. The van der Waals surface area contributed by atoms with Crippen molar-refractivity contribution in [2.75, 3.05) is 26.2 Å². The van der Waals surface area contributed by atoms with E-state index in [1.165, 1.54) is 19.3 Å². The molecule has 204 valence electrons. The highest BCUT2D eigenvalue weighted by Crippen LogP contribution is 2.25. The molecule has 0 unspecified atom stereocenters. The summed E-state index contributed by atoms with van der Waals surface area (Å²) in [6.45, 7) is 4.72. The van der Waals surface area contributed by atoms with Crippen LogP contribution in [0.2, 0.25) is 0 Å². The first-order valence-electron chi connectivity index (χ1n) is 13.9. The minimum atomic E-state index is -0.688. The molecule has 2 amide bonds. The molecule has 1 fully saturated rings. The highest BCUT2D eigenvalue weighted by atomic mass is 16.5. The van der Waals surface area contributed by atoms with E-state index in [1.54, 1.807) is 0 Å². The van der Waals surface area contributed by atoms with E-state index in [4.69, 9.17) is 9.47 Å². The normalized spacial score (nSPS) is 17.7. The lowest BCUT2D eigenvalue weighted by atomic mass is 10.0. The van der Waals surface area contributed by atoms with Crippen LogP contribution in [-0.2, 0) is 35.7 Å². The molecular weight excluding hydrogens is 490 g/mol. The first kappa shape index (κ1) is 26.8. The van der Waals surface area contributed by atoms with Gasteiger partial charge in [-0.05, 0) is 60.3 Å². The SMILES string of the molecule is O=C(N[C@H]1Cc2ccc(OCc3ccccc3)cc2CN(CCN2CCCCC2)C1=O)OCc1ccccc1. The topological polar surface area (TPSA) is 71.1 Å². The first-order valence-corrected chi connectivity index (χ1v) is 13.9. The summed E-state index contributed by atoms with van der Waals surface area (Å²) in [5, 5.41) is 2.85. The summed E-state index contributed by atoms with van der Waals surface area (Å²) >= 11 is 0. The molecule has 0 aliphatic carbocycles. The van der Waals surface area contributed by atoms with Crippen molar-refractivity contribution in [2.24, 2.45) is 0 Å². The molecule has 39 heavy (non-hydrogen) atoms. The Morgan fingerprint density at radius 1 is 0.821 bits per heavy atom. The number of ether oxygens (including phenoxy) is 2. The second-order valence-electron chi connectivity index (χ2n) is 10.3. The van der Waals surface area contributed by atoms with E-state index in [1.807, 2.05) is 83.8 Å². The van der Waals surface area contributed by atoms with Gasteiger partial charge in [-0.15, -0.1) is 0 Å². The Morgan fingerprint density at radius 3 is 2.23 bits per heavy atom. The van der Waals surface area contributed by atoms with Crippen LogP contribution in [0, 0.1) is 0 Å². The number of hydrogen-bond acceptors (Lipinski definition) is 5. The minimum absolute atomic E-state index is 0.0772. The van der Waals surface area contributed by atoms with Crippen molar-refractivity contribution in [3.05, 3.63) is 101 Å². The second-order valence-corrected chi connectivity index (χ2v) is 10.3. The average molecular weight is 528 g/mol. The number of carbonyl (C=O) groups is 2. The molecule has 0 bridgehead atoms. The number of piperidine rings is 1. The van der Waals surface area contributed by atoms with Crippen LogP contribution < -0.4 is 10.1 Å². The Morgan fingerprint density at radius 2 is 1.51 bits per heavy atom. The number of likely N-dealkylation sites (tertiary alicyclic amines) is 1. The Bertz CT molecular complexity index is 1230. The summed E-state index contributed by atoms with van der Waals surface area (Å²) in [7, 11) is 0. The van der Waals surface area contributed by atoms with Gasteiger partial charge in [-0.2, -0.15) is 0 Å². The third-order valence-corrected chi connectivity index (χ3v) is 7.46. The van der Waals surface area contributed by atoms with Crippen LogP contribution in [0.3, 0.4) is 0 Å². The number of carbonyl (C=O) groups excluding carboxylic acids is 2. The van der Waals surface area contributed by atoms with Crippen molar-refractivity contribution in [3.8, 4) is 5.75 Å². The van der Waals surface area contributed by atoms with E-state index in [0.29, 0.717) is 26.1 Å². The predicted octanol–water partition coefficient (Wildman–Crippen LogP) is 4.93.